The topological polar surface area (TPSA) is 38.0 Å². The first kappa shape index (κ1) is 13.7. The molecule has 0 aromatic heterocycles. The minimum Gasteiger partial charge on any atom is -0.412 e. The maximum absolute atomic E-state index is 2.60. The molecule has 1 aliphatic heterocycles. The van der Waals surface area contributed by atoms with Gasteiger partial charge < -0.3 is 15.3 Å². The third kappa shape index (κ3) is 3.00. The van der Waals surface area contributed by atoms with Crippen LogP contribution < -0.4 is 0 Å². The van der Waals surface area contributed by atoms with Crippen LogP contribution in [0.4, 0.5) is 0 Å². The molecule has 3 aliphatic rings. The Hall–Kier alpha value is -0.700. The van der Waals surface area contributed by atoms with Gasteiger partial charge in [-0.2, -0.15) is 0 Å². The lowest BCUT2D eigenvalue weighted by atomic mass is 9.94. The maximum Gasteiger partial charge on any atom is 0.0899 e. The Bertz CT molecular complexity index is 242. The Morgan fingerprint density at radius 2 is 1.00 bits per heavy atom. The van der Waals surface area contributed by atoms with Gasteiger partial charge in [0, 0.05) is 24.5 Å². The van der Waals surface area contributed by atoms with E-state index in [-0.39, 0.29) is 5.48 Å². The van der Waals surface area contributed by atoms with Gasteiger partial charge in [0.05, 0.1) is 6.67 Å². The highest BCUT2D eigenvalue weighted by atomic mass is 16.0. The van der Waals surface area contributed by atoms with Crippen molar-refractivity contribution in [1.29, 1.82) is 0 Å². The number of nitrogens with zero attached hydrogens (tertiary/aromatic N) is 2. The molecule has 3 rings (SSSR count). The van der Waals surface area contributed by atoms with Crippen molar-refractivity contribution in [2.24, 2.45) is 0 Å². The molecule has 18 heavy (non-hydrogen) atoms. The van der Waals surface area contributed by atoms with Crippen molar-refractivity contribution >= 4 is 0 Å². The molecule has 0 aromatic rings. The van der Waals surface area contributed by atoms with E-state index in [9.17, 15) is 0 Å². The van der Waals surface area contributed by atoms with Gasteiger partial charge in [-0.25, -0.2) is 0 Å². The van der Waals surface area contributed by atoms with E-state index in [2.05, 4.69) is 22.2 Å². The third-order valence-electron chi connectivity index (χ3n) is 4.86. The summed E-state index contributed by atoms with van der Waals surface area (Å²) < 4.78 is 0. The van der Waals surface area contributed by atoms with E-state index in [0.29, 0.717) is 0 Å². The molecule has 104 valence electrons. The monoisotopic (exact) mass is 252 g/mol. The average molecular weight is 252 g/mol. The van der Waals surface area contributed by atoms with Crippen LogP contribution >= 0.6 is 0 Å². The fourth-order valence-corrected chi connectivity index (χ4v) is 3.75. The first-order valence-corrected chi connectivity index (χ1v) is 7.63. The molecule has 0 radical (unpaired) electrons. The summed E-state index contributed by atoms with van der Waals surface area (Å²) >= 11 is 0. The lowest BCUT2D eigenvalue weighted by molar-refractivity contribution is 0.134. The summed E-state index contributed by atoms with van der Waals surface area (Å²) in [7, 11) is 0. The Morgan fingerprint density at radius 3 is 1.39 bits per heavy atom. The first-order chi connectivity index (χ1) is 8.43. The Balaban J connectivity index is 0.00000120. The van der Waals surface area contributed by atoms with Crippen LogP contribution in [0.1, 0.15) is 64.2 Å². The van der Waals surface area contributed by atoms with Gasteiger partial charge in [-0.15, -0.1) is 0 Å². The lowest BCUT2D eigenvalue weighted by Crippen LogP contribution is -2.39. The van der Waals surface area contributed by atoms with Crippen molar-refractivity contribution in [3.63, 3.8) is 0 Å². The molecule has 3 heteroatoms. The van der Waals surface area contributed by atoms with Crippen LogP contribution in [-0.2, 0) is 0 Å². The second kappa shape index (κ2) is 6.46. The second-order valence-corrected chi connectivity index (χ2v) is 6.05. The van der Waals surface area contributed by atoms with Gasteiger partial charge in [-0.1, -0.05) is 38.5 Å². The van der Waals surface area contributed by atoms with E-state index in [1.807, 2.05) is 0 Å². The van der Waals surface area contributed by atoms with Gasteiger partial charge in [0.25, 0.3) is 0 Å². The smallest absolute Gasteiger partial charge is 0.0899 e. The minimum absolute atomic E-state index is 0. The SMILES string of the molecule is C1=CN(C2CCCCC2)CN1C1CCCCC1.O. The van der Waals surface area contributed by atoms with Crippen molar-refractivity contribution in [2.45, 2.75) is 76.3 Å². The van der Waals surface area contributed by atoms with Crippen LogP contribution in [0.2, 0.25) is 0 Å². The number of hydrogen-bond donors (Lipinski definition) is 0. The average Bonchev–Trinajstić information content (AvgIpc) is 2.90. The van der Waals surface area contributed by atoms with Crippen LogP contribution in [0.5, 0.6) is 0 Å². The Morgan fingerprint density at radius 1 is 0.611 bits per heavy atom. The van der Waals surface area contributed by atoms with Crippen molar-refractivity contribution in [1.82, 2.24) is 9.80 Å². The molecule has 2 fully saturated rings. The fourth-order valence-electron chi connectivity index (χ4n) is 3.75. The van der Waals surface area contributed by atoms with Gasteiger partial charge in [-0.05, 0) is 25.7 Å². The summed E-state index contributed by atoms with van der Waals surface area (Å²) in [6, 6.07) is 1.68. The fraction of sp³-hybridized carbons (Fsp3) is 0.867. The quantitative estimate of drug-likeness (QED) is 0.758. The van der Waals surface area contributed by atoms with Crippen LogP contribution in [-0.4, -0.2) is 34.0 Å². The van der Waals surface area contributed by atoms with E-state index in [0.717, 1.165) is 12.1 Å². The summed E-state index contributed by atoms with van der Waals surface area (Å²) in [4.78, 5) is 5.21. The number of rotatable bonds is 2. The van der Waals surface area contributed by atoms with Crippen LogP contribution in [0, 0.1) is 0 Å². The van der Waals surface area contributed by atoms with Crippen molar-refractivity contribution in [3.05, 3.63) is 12.4 Å². The molecule has 0 saturated heterocycles. The molecule has 0 spiro atoms. The van der Waals surface area contributed by atoms with Crippen molar-refractivity contribution in [2.75, 3.05) is 6.67 Å². The van der Waals surface area contributed by atoms with E-state index in [1.54, 1.807) is 0 Å². The molecule has 0 unspecified atom stereocenters. The standard InChI is InChI=1S/C15H26N2.H2O/c1-3-7-14(8-4-1)16-11-12-17(13-16)15-9-5-2-6-10-15;/h11-12,14-15H,1-10,13H2;1H2. The van der Waals surface area contributed by atoms with E-state index in [1.165, 1.54) is 70.9 Å². The van der Waals surface area contributed by atoms with Gasteiger partial charge in [0.1, 0.15) is 0 Å². The van der Waals surface area contributed by atoms with Crippen LogP contribution in [0.3, 0.4) is 0 Å². The van der Waals surface area contributed by atoms with Gasteiger partial charge >= 0.3 is 0 Å². The highest BCUT2D eigenvalue weighted by molar-refractivity contribution is 4.97. The Kier molecular flexibility index (Phi) is 4.93. The normalized spacial score (nSPS) is 26.4. The van der Waals surface area contributed by atoms with Gasteiger partial charge in [-0.3, -0.25) is 0 Å². The summed E-state index contributed by atoms with van der Waals surface area (Å²) in [6.07, 6.45) is 19.1. The Labute approximate surface area is 111 Å². The van der Waals surface area contributed by atoms with Crippen LogP contribution in [0.25, 0.3) is 0 Å². The van der Waals surface area contributed by atoms with Crippen molar-refractivity contribution in [3.8, 4) is 0 Å². The summed E-state index contributed by atoms with van der Waals surface area (Å²) in [5.41, 5.74) is 0. The molecular weight excluding hydrogens is 224 g/mol. The van der Waals surface area contributed by atoms with Gasteiger partial charge in [0.15, 0.2) is 0 Å². The van der Waals surface area contributed by atoms with E-state index in [4.69, 9.17) is 0 Å². The second-order valence-electron chi connectivity index (χ2n) is 6.05. The molecule has 2 saturated carbocycles. The summed E-state index contributed by atoms with van der Waals surface area (Å²) in [6.45, 7) is 1.18. The maximum atomic E-state index is 2.60. The highest BCUT2D eigenvalue weighted by Crippen LogP contribution is 2.29. The molecule has 0 bridgehead atoms. The zero-order valence-corrected chi connectivity index (χ0v) is 11.5. The molecule has 1 heterocycles. The predicted octanol–water partition coefficient (Wildman–Crippen LogP) is 2.87. The molecule has 2 aliphatic carbocycles. The molecule has 0 atom stereocenters. The van der Waals surface area contributed by atoms with Crippen molar-refractivity contribution < 1.29 is 5.48 Å². The zero-order chi connectivity index (χ0) is 11.5. The van der Waals surface area contributed by atoms with E-state index < -0.39 is 0 Å². The highest BCUT2D eigenvalue weighted by Gasteiger charge is 2.27. The zero-order valence-electron chi connectivity index (χ0n) is 11.5. The summed E-state index contributed by atoms with van der Waals surface area (Å²) in [5, 5.41) is 0. The van der Waals surface area contributed by atoms with E-state index >= 15 is 0 Å². The molecular formula is C15H28N2O. The van der Waals surface area contributed by atoms with Crippen LogP contribution in [0.15, 0.2) is 12.4 Å². The first-order valence-electron chi connectivity index (χ1n) is 7.63. The molecule has 0 aromatic carbocycles. The molecule has 2 N–H and O–H groups in total. The molecule has 0 amide bonds. The third-order valence-corrected chi connectivity index (χ3v) is 4.86. The van der Waals surface area contributed by atoms with Gasteiger partial charge in [0.2, 0.25) is 0 Å². The lowest BCUT2D eigenvalue weighted by Gasteiger charge is -2.36. The number of hydrogen-bond acceptors (Lipinski definition) is 2. The predicted molar refractivity (Wildman–Crippen MR) is 75.0 cm³/mol. The minimum atomic E-state index is 0. The summed E-state index contributed by atoms with van der Waals surface area (Å²) in [5.74, 6) is 0. The molecule has 3 nitrogen and oxygen atoms in total. The largest absolute Gasteiger partial charge is 0.412 e.